The van der Waals surface area contributed by atoms with Gasteiger partial charge in [-0.15, -0.1) is 0 Å². The fraction of sp³-hybridized carbons (Fsp3) is 0.556. The number of hydrogen-bond acceptors (Lipinski definition) is 3. The second-order valence-electron chi connectivity index (χ2n) is 3.40. The van der Waals surface area contributed by atoms with Crippen molar-refractivity contribution in [3.63, 3.8) is 0 Å². The SMILES string of the molecule is CC(C)Cc1ncc(CN)c(Cl)n1. The lowest BCUT2D eigenvalue weighted by molar-refractivity contribution is 0.619. The van der Waals surface area contributed by atoms with Crippen molar-refractivity contribution in [2.24, 2.45) is 11.7 Å². The van der Waals surface area contributed by atoms with Gasteiger partial charge >= 0.3 is 0 Å². The summed E-state index contributed by atoms with van der Waals surface area (Å²) in [5.74, 6) is 1.33. The van der Waals surface area contributed by atoms with Gasteiger partial charge in [-0.25, -0.2) is 9.97 Å². The summed E-state index contributed by atoms with van der Waals surface area (Å²) in [4.78, 5) is 8.33. The van der Waals surface area contributed by atoms with Gasteiger partial charge in [0.2, 0.25) is 0 Å². The number of aromatic nitrogens is 2. The van der Waals surface area contributed by atoms with Gasteiger partial charge in [-0.1, -0.05) is 25.4 Å². The third kappa shape index (κ3) is 2.94. The van der Waals surface area contributed by atoms with E-state index in [1.807, 2.05) is 0 Å². The molecule has 0 radical (unpaired) electrons. The van der Waals surface area contributed by atoms with Gasteiger partial charge in [0.1, 0.15) is 11.0 Å². The molecule has 0 atom stereocenters. The molecule has 3 nitrogen and oxygen atoms in total. The Bertz CT molecular complexity index is 286. The Balaban J connectivity index is 2.83. The molecular weight excluding hydrogens is 186 g/mol. The molecule has 0 saturated heterocycles. The summed E-state index contributed by atoms with van der Waals surface area (Å²) >= 11 is 5.88. The van der Waals surface area contributed by atoms with Gasteiger partial charge in [-0.05, 0) is 5.92 Å². The van der Waals surface area contributed by atoms with Crippen LogP contribution in [0.2, 0.25) is 5.15 Å². The molecule has 1 aromatic heterocycles. The molecule has 1 aromatic rings. The van der Waals surface area contributed by atoms with E-state index in [0.29, 0.717) is 17.6 Å². The Hall–Kier alpha value is -0.670. The van der Waals surface area contributed by atoms with Gasteiger partial charge in [0, 0.05) is 24.7 Å². The summed E-state index contributed by atoms with van der Waals surface area (Å²) in [6.07, 6.45) is 2.55. The summed E-state index contributed by atoms with van der Waals surface area (Å²) in [6, 6.07) is 0. The number of halogens is 1. The lowest BCUT2D eigenvalue weighted by atomic mass is 10.1. The van der Waals surface area contributed by atoms with Crippen molar-refractivity contribution in [3.05, 3.63) is 22.7 Å². The highest BCUT2D eigenvalue weighted by Gasteiger charge is 2.04. The zero-order valence-electron chi connectivity index (χ0n) is 7.92. The molecular formula is C9H14ClN3. The summed E-state index contributed by atoms with van der Waals surface area (Å²) < 4.78 is 0. The maximum atomic E-state index is 5.88. The third-order valence-electron chi connectivity index (χ3n) is 1.67. The molecule has 4 heteroatoms. The normalized spacial score (nSPS) is 10.8. The van der Waals surface area contributed by atoms with Crippen LogP contribution < -0.4 is 5.73 Å². The van der Waals surface area contributed by atoms with Crippen molar-refractivity contribution in [3.8, 4) is 0 Å². The standard InChI is InChI=1S/C9H14ClN3/c1-6(2)3-8-12-5-7(4-11)9(10)13-8/h5-6H,3-4,11H2,1-2H3. The summed E-state index contributed by atoms with van der Waals surface area (Å²) in [5, 5.41) is 0.480. The van der Waals surface area contributed by atoms with E-state index in [9.17, 15) is 0 Å². The van der Waals surface area contributed by atoms with E-state index in [-0.39, 0.29) is 0 Å². The van der Waals surface area contributed by atoms with E-state index in [1.54, 1.807) is 6.20 Å². The van der Waals surface area contributed by atoms with Crippen LogP contribution in [0.15, 0.2) is 6.20 Å². The molecule has 0 fully saturated rings. The highest BCUT2D eigenvalue weighted by molar-refractivity contribution is 6.30. The van der Waals surface area contributed by atoms with Crippen LogP contribution in [0.3, 0.4) is 0 Å². The number of nitrogens with two attached hydrogens (primary N) is 1. The molecule has 0 amide bonds. The van der Waals surface area contributed by atoms with Gasteiger partial charge in [0.25, 0.3) is 0 Å². The van der Waals surface area contributed by atoms with E-state index in [0.717, 1.165) is 17.8 Å². The van der Waals surface area contributed by atoms with E-state index in [1.165, 1.54) is 0 Å². The van der Waals surface area contributed by atoms with Crippen molar-refractivity contribution in [1.82, 2.24) is 9.97 Å². The maximum absolute atomic E-state index is 5.88. The fourth-order valence-corrected chi connectivity index (χ4v) is 1.24. The minimum Gasteiger partial charge on any atom is -0.326 e. The lowest BCUT2D eigenvalue weighted by Crippen LogP contribution is -2.05. The highest BCUT2D eigenvalue weighted by Crippen LogP contribution is 2.12. The molecule has 0 unspecified atom stereocenters. The molecule has 1 heterocycles. The zero-order valence-corrected chi connectivity index (χ0v) is 8.67. The second-order valence-corrected chi connectivity index (χ2v) is 3.76. The summed E-state index contributed by atoms with van der Waals surface area (Å²) in [6.45, 7) is 4.63. The molecule has 0 bridgehead atoms. The molecule has 0 aliphatic heterocycles. The fourth-order valence-electron chi connectivity index (χ4n) is 1.02. The molecule has 0 saturated carbocycles. The minimum atomic E-state index is 0.390. The molecule has 13 heavy (non-hydrogen) atoms. The summed E-state index contributed by atoms with van der Waals surface area (Å²) in [5.41, 5.74) is 6.24. The smallest absolute Gasteiger partial charge is 0.137 e. The predicted molar refractivity (Wildman–Crippen MR) is 53.5 cm³/mol. The molecule has 0 spiro atoms. The van der Waals surface area contributed by atoms with Crippen LogP contribution in [0.1, 0.15) is 25.2 Å². The predicted octanol–water partition coefficient (Wildman–Crippen LogP) is 1.79. The summed E-state index contributed by atoms with van der Waals surface area (Å²) in [7, 11) is 0. The Morgan fingerprint density at radius 3 is 2.69 bits per heavy atom. The zero-order chi connectivity index (χ0) is 9.84. The molecule has 2 N–H and O–H groups in total. The van der Waals surface area contributed by atoms with Gasteiger partial charge in [0.15, 0.2) is 0 Å². The van der Waals surface area contributed by atoms with E-state index in [4.69, 9.17) is 17.3 Å². The molecule has 0 aliphatic carbocycles. The Morgan fingerprint density at radius 2 is 2.23 bits per heavy atom. The monoisotopic (exact) mass is 199 g/mol. The molecule has 0 aromatic carbocycles. The first-order valence-electron chi connectivity index (χ1n) is 4.33. The van der Waals surface area contributed by atoms with Crippen LogP contribution in [0.25, 0.3) is 0 Å². The highest BCUT2D eigenvalue weighted by atomic mass is 35.5. The number of nitrogens with zero attached hydrogens (tertiary/aromatic N) is 2. The topological polar surface area (TPSA) is 51.8 Å². The van der Waals surface area contributed by atoms with Gasteiger partial charge in [-0.3, -0.25) is 0 Å². The average molecular weight is 200 g/mol. The van der Waals surface area contributed by atoms with E-state index in [2.05, 4.69) is 23.8 Å². The molecule has 72 valence electrons. The van der Waals surface area contributed by atoms with Crippen molar-refractivity contribution in [2.75, 3.05) is 0 Å². The first-order chi connectivity index (χ1) is 6.13. The lowest BCUT2D eigenvalue weighted by Gasteiger charge is -2.05. The number of hydrogen-bond donors (Lipinski definition) is 1. The van der Waals surface area contributed by atoms with Gasteiger partial charge in [-0.2, -0.15) is 0 Å². The number of rotatable bonds is 3. The Labute approximate surface area is 83.3 Å². The Kier molecular flexibility index (Phi) is 3.63. The van der Waals surface area contributed by atoms with Crippen LogP contribution in [0.5, 0.6) is 0 Å². The third-order valence-corrected chi connectivity index (χ3v) is 2.00. The Morgan fingerprint density at radius 1 is 1.54 bits per heavy atom. The molecule has 1 rings (SSSR count). The van der Waals surface area contributed by atoms with Crippen LogP contribution >= 0.6 is 11.6 Å². The first kappa shape index (κ1) is 10.4. The van der Waals surface area contributed by atoms with Crippen molar-refractivity contribution in [1.29, 1.82) is 0 Å². The van der Waals surface area contributed by atoms with Crippen molar-refractivity contribution in [2.45, 2.75) is 26.8 Å². The van der Waals surface area contributed by atoms with Gasteiger partial charge in [0.05, 0.1) is 0 Å². The average Bonchev–Trinajstić information content (AvgIpc) is 2.03. The first-order valence-corrected chi connectivity index (χ1v) is 4.71. The van der Waals surface area contributed by atoms with E-state index < -0.39 is 0 Å². The molecule has 0 aliphatic rings. The minimum absolute atomic E-state index is 0.390. The maximum Gasteiger partial charge on any atom is 0.137 e. The largest absolute Gasteiger partial charge is 0.326 e. The van der Waals surface area contributed by atoms with Crippen LogP contribution in [0, 0.1) is 5.92 Å². The van der Waals surface area contributed by atoms with Gasteiger partial charge < -0.3 is 5.73 Å². The quantitative estimate of drug-likeness (QED) is 0.756. The van der Waals surface area contributed by atoms with Crippen molar-refractivity contribution < 1.29 is 0 Å². The van der Waals surface area contributed by atoms with Crippen molar-refractivity contribution >= 4 is 11.6 Å². The van der Waals surface area contributed by atoms with Crippen LogP contribution in [-0.2, 0) is 13.0 Å². The van der Waals surface area contributed by atoms with E-state index >= 15 is 0 Å². The van der Waals surface area contributed by atoms with Crippen LogP contribution in [-0.4, -0.2) is 9.97 Å². The second kappa shape index (κ2) is 4.53. The van der Waals surface area contributed by atoms with Crippen LogP contribution in [0.4, 0.5) is 0 Å².